The molecule has 1 rings (SSSR count). The summed E-state index contributed by atoms with van der Waals surface area (Å²) < 4.78 is 42.2. The van der Waals surface area contributed by atoms with Gasteiger partial charge in [0, 0.05) is 0 Å². The molecule has 6 nitrogen and oxygen atoms in total. The van der Waals surface area contributed by atoms with Gasteiger partial charge in [-0.05, 0) is 30.4 Å². The second-order valence-corrected chi connectivity index (χ2v) is 9.85. The molecule has 0 aromatic heterocycles. The van der Waals surface area contributed by atoms with Crippen LogP contribution in [0, 0.1) is 0 Å². The maximum absolute atomic E-state index is 11.2. The first-order chi connectivity index (χ1) is 11.6. The van der Waals surface area contributed by atoms with Gasteiger partial charge in [0.05, 0.1) is 0 Å². The number of rotatable bonds is 11. The van der Waals surface area contributed by atoms with E-state index < -0.39 is 29.1 Å². The van der Waals surface area contributed by atoms with Crippen molar-refractivity contribution in [1.29, 1.82) is 0 Å². The first-order valence-corrected chi connectivity index (χ1v) is 11.6. The second-order valence-electron chi connectivity index (χ2n) is 6.10. The summed E-state index contributed by atoms with van der Waals surface area (Å²) in [6.07, 6.45) is 9.59. The van der Waals surface area contributed by atoms with Crippen LogP contribution in [0.1, 0.15) is 56.6 Å². The van der Waals surface area contributed by atoms with E-state index in [0.717, 1.165) is 18.4 Å². The zero-order valence-corrected chi connectivity index (χ0v) is 16.1. The molecule has 1 atom stereocenters. The van der Waals surface area contributed by atoms with Crippen LogP contribution in [0.2, 0.25) is 0 Å². The minimum Gasteiger partial charge on any atom is -0.323 e. The molecule has 0 aliphatic carbocycles. The van der Waals surface area contributed by atoms with E-state index in [1.165, 1.54) is 37.3 Å². The topological polar surface area (TPSA) is 112 Å². The number of hydrogen-bond acceptors (Lipinski definition) is 3. The quantitative estimate of drug-likeness (QED) is 0.299. The number of aryl methyl sites for hydroxylation is 1. The fraction of sp³-hybridized carbons (Fsp3) is 0.529. The lowest BCUT2D eigenvalue weighted by molar-refractivity contribution is 0.364. The molecule has 142 valence electrons. The van der Waals surface area contributed by atoms with Gasteiger partial charge < -0.3 is 9.79 Å². The van der Waals surface area contributed by atoms with E-state index in [4.69, 9.17) is 14.3 Å². The smallest absolute Gasteiger partial charge is 0.323 e. The molecule has 0 radical (unpaired) electrons. The Morgan fingerprint density at radius 1 is 1.08 bits per heavy atom. The second kappa shape index (κ2) is 10.2. The third-order valence-electron chi connectivity index (χ3n) is 3.92. The van der Waals surface area contributed by atoms with E-state index in [1.54, 1.807) is 6.08 Å². The highest BCUT2D eigenvalue weighted by Gasteiger charge is 2.38. The van der Waals surface area contributed by atoms with Gasteiger partial charge in [0.25, 0.3) is 10.1 Å². The van der Waals surface area contributed by atoms with Crippen LogP contribution in [0.25, 0.3) is 6.08 Å². The van der Waals surface area contributed by atoms with Crippen molar-refractivity contribution >= 4 is 23.8 Å². The first kappa shape index (κ1) is 22.1. The summed E-state index contributed by atoms with van der Waals surface area (Å²) in [5.74, 6) is 0. The van der Waals surface area contributed by atoms with Crippen LogP contribution in [0.4, 0.5) is 0 Å². The molecular formula is C17H27O6PS. The van der Waals surface area contributed by atoms with Crippen molar-refractivity contribution in [2.45, 2.75) is 56.9 Å². The van der Waals surface area contributed by atoms with Crippen LogP contribution in [-0.4, -0.2) is 27.7 Å². The largest absolute Gasteiger partial charge is 0.346 e. The molecule has 0 aliphatic heterocycles. The molecule has 0 aliphatic rings. The van der Waals surface area contributed by atoms with Gasteiger partial charge in [0.2, 0.25) is 0 Å². The SMILES string of the molecule is CCCCCCCc1ccc(C=CCC(P(=O)(O)O)S(=O)(=O)O)cc1. The van der Waals surface area contributed by atoms with Crippen LogP contribution in [0.3, 0.4) is 0 Å². The van der Waals surface area contributed by atoms with Crippen molar-refractivity contribution < 1.29 is 27.3 Å². The van der Waals surface area contributed by atoms with Crippen LogP contribution < -0.4 is 0 Å². The van der Waals surface area contributed by atoms with Crippen molar-refractivity contribution in [2.75, 3.05) is 0 Å². The Bertz CT molecular complexity index is 690. The van der Waals surface area contributed by atoms with Gasteiger partial charge in [-0.2, -0.15) is 8.42 Å². The Labute approximate surface area is 149 Å². The maximum Gasteiger partial charge on any atom is 0.346 e. The van der Waals surface area contributed by atoms with Gasteiger partial charge >= 0.3 is 7.60 Å². The highest BCUT2D eigenvalue weighted by molar-refractivity contribution is 7.93. The van der Waals surface area contributed by atoms with Gasteiger partial charge in [-0.1, -0.05) is 69.0 Å². The van der Waals surface area contributed by atoms with Crippen LogP contribution in [0.15, 0.2) is 30.3 Å². The van der Waals surface area contributed by atoms with Gasteiger partial charge in [-0.15, -0.1) is 0 Å². The lowest BCUT2D eigenvalue weighted by atomic mass is 10.0. The molecule has 0 heterocycles. The summed E-state index contributed by atoms with van der Waals surface area (Å²) in [7, 11) is -9.75. The molecular weight excluding hydrogens is 363 g/mol. The van der Waals surface area contributed by atoms with Crippen LogP contribution >= 0.6 is 7.60 Å². The fourth-order valence-corrected chi connectivity index (χ4v) is 4.62. The zero-order valence-electron chi connectivity index (χ0n) is 14.4. The summed E-state index contributed by atoms with van der Waals surface area (Å²) in [4.78, 5) is 15.9. The molecule has 25 heavy (non-hydrogen) atoms. The lowest BCUT2D eigenvalue weighted by Crippen LogP contribution is -2.19. The van der Waals surface area contributed by atoms with Gasteiger partial charge in [-0.25, -0.2) is 0 Å². The number of benzene rings is 1. The summed E-state index contributed by atoms with van der Waals surface area (Å²) in [5, 5.41) is 0. The molecule has 0 saturated heterocycles. The van der Waals surface area contributed by atoms with Crippen molar-refractivity contribution in [2.24, 2.45) is 0 Å². The molecule has 3 N–H and O–H groups in total. The standard InChI is InChI=1S/C17H27O6PS/c1-2-3-4-5-6-8-15-11-13-16(14-12-15)9-7-10-17(24(18,19)20)25(21,22)23/h7,9,11-14,17H,2-6,8,10H2,1H3,(H2,18,19,20)(H,21,22,23). The Balaban J connectivity index is 2.57. The summed E-state index contributed by atoms with van der Waals surface area (Å²) in [6.45, 7) is 2.18. The van der Waals surface area contributed by atoms with Crippen molar-refractivity contribution in [1.82, 2.24) is 0 Å². The summed E-state index contributed by atoms with van der Waals surface area (Å²) in [5.41, 5.74) is 2.02. The predicted octanol–water partition coefficient (Wildman–Crippen LogP) is 3.99. The fourth-order valence-electron chi connectivity index (χ4n) is 2.48. The highest BCUT2D eigenvalue weighted by atomic mass is 32.2. The number of unbranched alkanes of at least 4 members (excludes halogenated alkanes) is 4. The normalized spacial score (nSPS) is 14.1. The Kier molecular flexibility index (Phi) is 9.03. The van der Waals surface area contributed by atoms with Crippen LogP contribution in [0.5, 0.6) is 0 Å². The van der Waals surface area contributed by atoms with E-state index in [-0.39, 0.29) is 0 Å². The van der Waals surface area contributed by atoms with Gasteiger partial charge in [0.1, 0.15) is 0 Å². The van der Waals surface area contributed by atoms with E-state index in [9.17, 15) is 13.0 Å². The minimum absolute atomic E-state index is 0.456. The molecule has 1 aromatic carbocycles. The van der Waals surface area contributed by atoms with Gasteiger partial charge in [-0.3, -0.25) is 9.12 Å². The third-order valence-corrected chi connectivity index (χ3v) is 7.38. The lowest BCUT2D eigenvalue weighted by Gasteiger charge is -2.13. The van der Waals surface area contributed by atoms with Crippen molar-refractivity contribution in [3.05, 3.63) is 41.5 Å². The minimum atomic E-state index is -4.94. The van der Waals surface area contributed by atoms with Crippen molar-refractivity contribution in [3.8, 4) is 0 Å². The molecule has 1 aromatic rings. The maximum atomic E-state index is 11.2. The third kappa shape index (κ3) is 8.79. The molecule has 0 amide bonds. The predicted molar refractivity (Wildman–Crippen MR) is 99.9 cm³/mol. The van der Waals surface area contributed by atoms with E-state index in [2.05, 4.69) is 6.92 Å². The molecule has 0 saturated carbocycles. The average molecular weight is 390 g/mol. The molecule has 0 spiro atoms. The summed E-state index contributed by atoms with van der Waals surface area (Å²) >= 11 is 0. The van der Waals surface area contributed by atoms with E-state index in [1.807, 2.05) is 24.3 Å². The monoisotopic (exact) mass is 390 g/mol. The van der Waals surface area contributed by atoms with Crippen LogP contribution in [-0.2, 0) is 21.1 Å². The van der Waals surface area contributed by atoms with E-state index >= 15 is 0 Å². The Morgan fingerprint density at radius 2 is 1.68 bits per heavy atom. The average Bonchev–Trinajstić information content (AvgIpc) is 2.50. The highest BCUT2D eigenvalue weighted by Crippen LogP contribution is 2.45. The molecule has 8 heteroatoms. The number of allylic oxidation sites excluding steroid dienone is 1. The Morgan fingerprint density at radius 3 is 2.20 bits per heavy atom. The van der Waals surface area contributed by atoms with Crippen molar-refractivity contribution in [3.63, 3.8) is 0 Å². The number of hydrogen-bond donors (Lipinski definition) is 3. The first-order valence-electron chi connectivity index (χ1n) is 8.41. The summed E-state index contributed by atoms with van der Waals surface area (Å²) in [6, 6.07) is 7.72. The Hall–Kier alpha value is -0.980. The van der Waals surface area contributed by atoms with Gasteiger partial charge in [0.15, 0.2) is 4.99 Å². The molecule has 0 bridgehead atoms. The zero-order chi connectivity index (χ0) is 18.9. The molecule has 1 unspecified atom stereocenters. The van der Waals surface area contributed by atoms with E-state index in [0.29, 0.717) is 0 Å². The molecule has 0 fully saturated rings.